The van der Waals surface area contributed by atoms with Gasteiger partial charge in [0, 0.05) is 0 Å². The molecule has 3 rings (SSSR count). The van der Waals surface area contributed by atoms with Gasteiger partial charge in [-0.25, -0.2) is 0 Å². The molecule has 22 heavy (non-hydrogen) atoms. The minimum Gasteiger partial charge on any atom is -0.166 e. The van der Waals surface area contributed by atoms with Gasteiger partial charge in [0.15, 0.2) is 0 Å². The zero-order chi connectivity index (χ0) is 15.6. The summed E-state index contributed by atoms with van der Waals surface area (Å²) in [7, 11) is 0.321. The van der Waals surface area contributed by atoms with E-state index in [0.29, 0.717) is 9.52 Å². The molecular weight excluding hydrogens is 301 g/mol. The zero-order valence-electron chi connectivity index (χ0n) is 11.7. The van der Waals surface area contributed by atoms with Crippen molar-refractivity contribution >= 4 is 25.5 Å². The van der Waals surface area contributed by atoms with E-state index in [9.17, 15) is 13.2 Å². The van der Waals surface area contributed by atoms with Gasteiger partial charge in [0.2, 0.25) is 0 Å². The van der Waals surface area contributed by atoms with Crippen LogP contribution < -0.4 is 5.19 Å². The van der Waals surface area contributed by atoms with Crippen LogP contribution in [0.25, 0.3) is 10.8 Å². The molecule has 3 aromatic rings. The van der Waals surface area contributed by atoms with Crippen molar-refractivity contribution in [2.75, 3.05) is 0 Å². The third-order valence-corrected chi connectivity index (χ3v) is 4.83. The van der Waals surface area contributed by atoms with Crippen molar-refractivity contribution < 1.29 is 13.2 Å². The Balaban J connectivity index is 1.83. The van der Waals surface area contributed by atoms with E-state index in [4.69, 9.17) is 0 Å². The second-order valence-electron chi connectivity index (χ2n) is 5.07. The van der Waals surface area contributed by atoms with E-state index in [1.165, 1.54) is 23.1 Å². The Labute approximate surface area is 129 Å². The standard InChI is InChI=1S/C18H13F3Si/c19-18(20,21)15-8-4-9-16(11-15)22-12-14-7-3-6-13-5-1-2-10-17(13)14/h1-11H,12H2. The summed E-state index contributed by atoms with van der Waals surface area (Å²) in [6.45, 7) is 0. The molecule has 0 aliphatic carbocycles. The molecule has 0 N–H and O–H groups in total. The molecule has 2 radical (unpaired) electrons. The monoisotopic (exact) mass is 314 g/mol. The second-order valence-corrected chi connectivity index (χ2v) is 6.35. The number of rotatable bonds is 3. The molecule has 0 bridgehead atoms. The predicted molar refractivity (Wildman–Crippen MR) is 84.5 cm³/mol. The van der Waals surface area contributed by atoms with Crippen molar-refractivity contribution in [1.82, 2.24) is 0 Å². The first-order valence-corrected chi connectivity index (χ1v) is 8.12. The zero-order valence-corrected chi connectivity index (χ0v) is 12.7. The van der Waals surface area contributed by atoms with Crippen LogP contribution in [0.4, 0.5) is 13.2 Å². The molecule has 4 heteroatoms. The molecule has 0 aliphatic heterocycles. The van der Waals surface area contributed by atoms with Gasteiger partial charge in [0.1, 0.15) is 0 Å². The number of hydrogen-bond donors (Lipinski definition) is 0. The average molecular weight is 314 g/mol. The summed E-state index contributed by atoms with van der Waals surface area (Å²) in [6.07, 6.45) is -4.28. The van der Waals surface area contributed by atoms with Crippen LogP contribution >= 0.6 is 0 Å². The van der Waals surface area contributed by atoms with Crippen molar-refractivity contribution in [2.24, 2.45) is 0 Å². The topological polar surface area (TPSA) is 0 Å². The van der Waals surface area contributed by atoms with Gasteiger partial charge in [-0.1, -0.05) is 71.9 Å². The van der Waals surface area contributed by atoms with E-state index >= 15 is 0 Å². The summed E-state index contributed by atoms with van der Waals surface area (Å²) >= 11 is 0. The van der Waals surface area contributed by atoms with Gasteiger partial charge in [-0.05, 0) is 22.4 Å². The van der Waals surface area contributed by atoms with Crippen LogP contribution in [0.1, 0.15) is 11.1 Å². The van der Waals surface area contributed by atoms with Crippen LogP contribution in [-0.4, -0.2) is 9.52 Å². The maximum Gasteiger partial charge on any atom is 0.416 e. The Morgan fingerprint density at radius 1 is 0.818 bits per heavy atom. The Kier molecular flexibility index (Phi) is 4.03. The molecule has 0 fully saturated rings. The summed E-state index contributed by atoms with van der Waals surface area (Å²) in [5, 5.41) is 3.07. The van der Waals surface area contributed by atoms with E-state index in [0.717, 1.165) is 22.7 Å². The smallest absolute Gasteiger partial charge is 0.166 e. The maximum absolute atomic E-state index is 12.7. The van der Waals surface area contributed by atoms with Crippen molar-refractivity contribution in [2.45, 2.75) is 12.2 Å². The van der Waals surface area contributed by atoms with Gasteiger partial charge >= 0.3 is 6.18 Å². The van der Waals surface area contributed by atoms with Gasteiger partial charge in [-0.3, -0.25) is 0 Å². The molecule has 0 nitrogen and oxygen atoms in total. The molecule has 0 heterocycles. The molecule has 0 aliphatic rings. The molecule has 0 atom stereocenters. The third-order valence-electron chi connectivity index (χ3n) is 3.55. The van der Waals surface area contributed by atoms with Crippen LogP contribution in [0.5, 0.6) is 0 Å². The Morgan fingerprint density at radius 3 is 2.36 bits per heavy atom. The molecule has 110 valence electrons. The fourth-order valence-corrected chi connectivity index (χ4v) is 3.62. The fraction of sp³-hybridized carbons (Fsp3) is 0.111. The van der Waals surface area contributed by atoms with Crippen molar-refractivity contribution in [3.8, 4) is 0 Å². The van der Waals surface area contributed by atoms with Gasteiger partial charge in [0.05, 0.1) is 15.1 Å². The number of hydrogen-bond acceptors (Lipinski definition) is 0. The second kappa shape index (κ2) is 5.97. The summed E-state index contributed by atoms with van der Waals surface area (Å²) in [6, 6.07) is 20.5. The third kappa shape index (κ3) is 3.22. The highest BCUT2D eigenvalue weighted by atomic mass is 28.2. The fourth-order valence-electron chi connectivity index (χ4n) is 2.45. The maximum atomic E-state index is 12.7. The molecule has 0 aromatic heterocycles. The normalized spacial score (nSPS) is 11.8. The first-order chi connectivity index (χ1) is 10.5. The Morgan fingerprint density at radius 2 is 1.55 bits per heavy atom. The van der Waals surface area contributed by atoms with E-state index in [1.54, 1.807) is 6.07 Å². The molecule has 0 saturated carbocycles. The van der Waals surface area contributed by atoms with E-state index in [2.05, 4.69) is 6.07 Å². The first-order valence-electron chi connectivity index (χ1n) is 6.92. The Bertz CT molecular complexity index is 788. The highest BCUT2D eigenvalue weighted by molar-refractivity contribution is 6.53. The molecule has 0 amide bonds. The minimum absolute atomic E-state index is 0.321. The summed E-state index contributed by atoms with van der Waals surface area (Å²) in [5.41, 5.74) is 0.601. The molecular formula is C18H13F3Si. The van der Waals surface area contributed by atoms with Crippen LogP contribution in [-0.2, 0) is 12.2 Å². The van der Waals surface area contributed by atoms with E-state index in [1.807, 2.05) is 36.4 Å². The van der Waals surface area contributed by atoms with Crippen LogP contribution in [0.3, 0.4) is 0 Å². The molecule has 3 aromatic carbocycles. The number of halogens is 3. The van der Waals surface area contributed by atoms with Crippen molar-refractivity contribution in [3.63, 3.8) is 0 Å². The van der Waals surface area contributed by atoms with Crippen molar-refractivity contribution in [1.29, 1.82) is 0 Å². The summed E-state index contributed by atoms with van der Waals surface area (Å²) in [4.78, 5) is 0. The number of alkyl halides is 3. The van der Waals surface area contributed by atoms with Crippen LogP contribution in [0, 0.1) is 0 Å². The van der Waals surface area contributed by atoms with Crippen molar-refractivity contribution in [3.05, 3.63) is 77.9 Å². The molecule has 0 spiro atoms. The van der Waals surface area contributed by atoms with Crippen LogP contribution in [0.15, 0.2) is 66.7 Å². The predicted octanol–water partition coefficient (Wildman–Crippen LogP) is 4.39. The van der Waals surface area contributed by atoms with Gasteiger partial charge < -0.3 is 0 Å². The van der Waals surface area contributed by atoms with Gasteiger partial charge in [0.25, 0.3) is 0 Å². The minimum atomic E-state index is -4.28. The SMILES string of the molecule is FC(F)(F)c1cccc([Si]Cc2cccc3ccccc23)c1. The Hall–Kier alpha value is -2.07. The largest absolute Gasteiger partial charge is 0.416 e. The average Bonchev–Trinajstić information content (AvgIpc) is 2.52. The molecule has 0 saturated heterocycles. The lowest BCUT2D eigenvalue weighted by molar-refractivity contribution is -0.137. The molecule has 0 unspecified atom stereocenters. The van der Waals surface area contributed by atoms with E-state index in [-0.39, 0.29) is 0 Å². The first kappa shape index (κ1) is 14.8. The lowest BCUT2D eigenvalue weighted by atomic mass is 10.1. The van der Waals surface area contributed by atoms with Gasteiger partial charge in [-0.15, -0.1) is 0 Å². The summed E-state index contributed by atoms with van der Waals surface area (Å²) in [5.74, 6) is 0. The highest BCUT2D eigenvalue weighted by Crippen LogP contribution is 2.28. The van der Waals surface area contributed by atoms with Gasteiger partial charge in [-0.2, -0.15) is 13.2 Å². The quantitative estimate of drug-likeness (QED) is 0.629. The number of benzene rings is 3. The van der Waals surface area contributed by atoms with E-state index < -0.39 is 11.7 Å². The lowest BCUT2D eigenvalue weighted by Gasteiger charge is -2.09. The lowest BCUT2D eigenvalue weighted by Crippen LogP contribution is -2.19. The van der Waals surface area contributed by atoms with Crippen LogP contribution in [0.2, 0.25) is 0 Å². The highest BCUT2D eigenvalue weighted by Gasteiger charge is 2.30. The summed E-state index contributed by atoms with van der Waals surface area (Å²) < 4.78 is 38.2. The number of fused-ring (bicyclic) bond motifs is 1.